The molecule has 1 aromatic heterocycles. The molecule has 0 unspecified atom stereocenters. The van der Waals surface area contributed by atoms with Crippen LogP contribution in [-0.4, -0.2) is 36.8 Å². The second-order valence-corrected chi connectivity index (χ2v) is 6.22. The SMILES string of the molecule is C=C/C(=C\N(C)C)c1cc2c(CC(C)=O)c(C)cnc2cc1NC. The number of carbonyl (C=O) groups excluding carboxylic acids is 1. The Hall–Kier alpha value is -2.62. The van der Waals surface area contributed by atoms with Crippen molar-refractivity contribution in [3.05, 3.63) is 53.9 Å². The first kappa shape index (κ1) is 17.7. The normalized spacial score (nSPS) is 11.5. The zero-order chi connectivity index (χ0) is 17.9. The van der Waals surface area contributed by atoms with Gasteiger partial charge in [-0.2, -0.15) is 0 Å². The van der Waals surface area contributed by atoms with E-state index in [1.807, 2.05) is 57.5 Å². The lowest BCUT2D eigenvalue weighted by Crippen LogP contribution is -2.05. The van der Waals surface area contributed by atoms with Crippen molar-refractivity contribution in [1.82, 2.24) is 9.88 Å². The predicted molar refractivity (Wildman–Crippen MR) is 102 cm³/mol. The first-order valence-electron chi connectivity index (χ1n) is 7.97. The van der Waals surface area contributed by atoms with Gasteiger partial charge in [-0.3, -0.25) is 9.78 Å². The summed E-state index contributed by atoms with van der Waals surface area (Å²) in [5.41, 5.74) is 6.02. The van der Waals surface area contributed by atoms with E-state index in [0.29, 0.717) is 6.42 Å². The number of nitrogens with zero attached hydrogens (tertiary/aromatic N) is 2. The summed E-state index contributed by atoms with van der Waals surface area (Å²) in [6.07, 6.45) is 6.13. The molecule has 0 bridgehead atoms. The van der Waals surface area contributed by atoms with Crippen LogP contribution in [0.1, 0.15) is 23.6 Å². The molecule has 0 aliphatic carbocycles. The van der Waals surface area contributed by atoms with E-state index in [-0.39, 0.29) is 5.78 Å². The van der Waals surface area contributed by atoms with Gasteiger partial charge in [0.25, 0.3) is 0 Å². The van der Waals surface area contributed by atoms with Gasteiger partial charge in [0.1, 0.15) is 5.78 Å². The Morgan fingerprint density at radius 2 is 2.08 bits per heavy atom. The number of ketones is 1. The molecule has 0 spiro atoms. The standard InChI is InChI=1S/C20H25N3O/c1-7-15(12-23(5)6)17-9-18-16(8-14(3)24)13(2)11-22-20(18)10-19(17)21-4/h7,9-12,21H,1,8H2,2-6H3/b15-12+. The van der Waals surface area contributed by atoms with E-state index in [0.717, 1.165) is 38.9 Å². The van der Waals surface area contributed by atoms with Crippen molar-refractivity contribution in [2.45, 2.75) is 20.3 Å². The maximum atomic E-state index is 11.7. The van der Waals surface area contributed by atoms with Crippen LogP contribution in [0.15, 0.2) is 37.2 Å². The predicted octanol–water partition coefficient (Wildman–Crippen LogP) is 3.80. The Bertz CT molecular complexity index is 819. The van der Waals surface area contributed by atoms with Crippen LogP contribution in [-0.2, 0) is 11.2 Å². The topological polar surface area (TPSA) is 45.2 Å². The molecule has 1 heterocycles. The van der Waals surface area contributed by atoms with Crippen LogP contribution in [0.3, 0.4) is 0 Å². The molecule has 1 aromatic carbocycles. The van der Waals surface area contributed by atoms with E-state index in [4.69, 9.17) is 0 Å². The lowest BCUT2D eigenvalue weighted by atomic mass is 9.95. The minimum atomic E-state index is 0.151. The van der Waals surface area contributed by atoms with E-state index >= 15 is 0 Å². The number of pyridine rings is 1. The minimum Gasteiger partial charge on any atom is -0.388 e. The molecule has 0 amide bonds. The van der Waals surface area contributed by atoms with Crippen molar-refractivity contribution in [2.75, 3.05) is 26.5 Å². The van der Waals surface area contributed by atoms with E-state index in [1.54, 1.807) is 6.92 Å². The molecule has 0 aliphatic heterocycles. The number of fused-ring (bicyclic) bond motifs is 1. The van der Waals surface area contributed by atoms with Gasteiger partial charge in [-0.25, -0.2) is 0 Å². The van der Waals surface area contributed by atoms with Crippen LogP contribution in [0, 0.1) is 6.92 Å². The lowest BCUT2D eigenvalue weighted by molar-refractivity contribution is -0.116. The van der Waals surface area contributed by atoms with Gasteiger partial charge in [-0.15, -0.1) is 0 Å². The van der Waals surface area contributed by atoms with Gasteiger partial charge in [0.05, 0.1) is 5.52 Å². The summed E-state index contributed by atoms with van der Waals surface area (Å²) in [6, 6.07) is 4.14. The van der Waals surface area contributed by atoms with E-state index in [1.165, 1.54) is 0 Å². The largest absolute Gasteiger partial charge is 0.388 e. The number of nitrogens with one attached hydrogen (secondary N) is 1. The minimum absolute atomic E-state index is 0.151. The molecule has 24 heavy (non-hydrogen) atoms. The fourth-order valence-corrected chi connectivity index (χ4v) is 2.83. The first-order valence-corrected chi connectivity index (χ1v) is 7.97. The Balaban J connectivity index is 2.80. The number of anilines is 1. The zero-order valence-electron chi connectivity index (χ0n) is 15.1. The summed E-state index contributed by atoms with van der Waals surface area (Å²) < 4.78 is 0. The molecule has 4 nitrogen and oxygen atoms in total. The molecular formula is C20H25N3O. The quantitative estimate of drug-likeness (QED) is 0.821. The summed E-state index contributed by atoms with van der Waals surface area (Å²) in [4.78, 5) is 18.2. The number of benzene rings is 1. The summed E-state index contributed by atoms with van der Waals surface area (Å²) in [5, 5.41) is 4.26. The van der Waals surface area contributed by atoms with Gasteiger partial charge in [-0.1, -0.05) is 12.7 Å². The Labute approximate surface area is 143 Å². The zero-order valence-corrected chi connectivity index (χ0v) is 15.1. The van der Waals surface area contributed by atoms with Crippen LogP contribution < -0.4 is 5.32 Å². The fraction of sp³-hybridized carbons (Fsp3) is 0.300. The van der Waals surface area contributed by atoms with E-state index in [2.05, 4.69) is 22.9 Å². The number of hydrogen-bond donors (Lipinski definition) is 1. The second-order valence-electron chi connectivity index (χ2n) is 6.22. The molecule has 0 atom stereocenters. The number of aromatic nitrogens is 1. The van der Waals surface area contributed by atoms with Crippen LogP contribution in [0.4, 0.5) is 5.69 Å². The smallest absolute Gasteiger partial charge is 0.134 e. The number of aryl methyl sites for hydroxylation is 1. The van der Waals surface area contributed by atoms with Crippen molar-refractivity contribution in [1.29, 1.82) is 0 Å². The average Bonchev–Trinajstić information content (AvgIpc) is 2.53. The summed E-state index contributed by atoms with van der Waals surface area (Å²) in [7, 11) is 5.86. The van der Waals surface area contributed by atoms with Gasteiger partial charge in [0, 0.05) is 56.6 Å². The number of Topliss-reactive ketones (excluding diaryl/α,β-unsaturated/α-hetero) is 1. The van der Waals surface area contributed by atoms with Crippen molar-refractivity contribution >= 4 is 27.9 Å². The molecule has 0 fully saturated rings. The maximum absolute atomic E-state index is 11.7. The Morgan fingerprint density at radius 3 is 2.62 bits per heavy atom. The molecule has 0 aliphatic rings. The number of carbonyl (C=O) groups is 1. The highest BCUT2D eigenvalue weighted by molar-refractivity contribution is 5.96. The van der Waals surface area contributed by atoms with Crippen LogP contribution in [0.25, 0.3) is 16.5 Å². The summed E-state index contributed by atoms with van der Waals surface area (Å²) in [6.45, 7) is 7.56. The lowest BCUT2D eigenvalue weighted by Gasteiger charge is -2.16. The van der Waals surface area contributed by atoms with Gasteiger partial charge in [0.2, 0.25) is 0 Å². The molecule has 0 radical (unpaired) electrons. The monoisotopic (exact) mass is 323 g/mol. The van der Waals surface area contributed by atoms with Crippen molar-refractivity contribution in [3.63, 3.8) is 0 Å². The van der Waals surface area contributed by atoms with Crippen LogP contribution in [0.5, 0.6) is 0 Å². The van der Waals surface area contributed by atoms with E-state index < -0.39 is 0 Å². The highest BCUT2D eigenvalue weighted by Crippen LogP contribution is 2.32. The maximum Gasteiger partial charge on any atom is 0.134 e. The third-order valence-corrected chi connectivity index (χ3v) is 3.96. The van der Waals surface area contributed by atoms with Gasteiger partial charge >= 0.3 is 0 Å². The Kier molecular flexibility index (Phi) is 5.39. The molecule has 126 valence electrons. The van der Waals surface area contributed by atoms with Gasteiger partial charge in [-0.05, 0) is 42.7 Å². The molecule has 4 heteroatoms. The molecule has 2 aromatic rings. The average molecular weight is 323 g/mol. The van der Waals surface area contributed by atoms with Crippen molar-refractivity contribution in [3.8, 4) is 0 Å². The number of rotatable bonds is 6. The third-order valence-electron chi connectivity index (χ3n) is 3.96. The van der Waals surface area contributed by atoms with Crippen LogP contribution in [0.2, 0.25) is 0 Å². The first-order chi connectivity index (χ1) is 11.4. The van der Waals surface area contributed by atoms with Gasteiger partial charge < -0.3 is 10.2 Å². The summed E-state index contributed by atoms with van der Waals surface area (Å²) in [5.74, 6) is 0.151. The Morgan fingerprint density at radius 1 is 1.38 bits per heavy atom. The summed E-state index contributed by atoms with van der Waals surface area (Å²) >= 11 is 0. The van der Waals surface area contributed by atoms with Crippen molar-refractivity contribution < 1.29 is 4.79 Å². The van der Waals surface area contributed by atoms with Gasteiger partial charge in [0.15, 0.2) is 0 Å². The second kappa shape index (κ2) is 7.30. The molecule has 1 N–H and O–H groups in total. The third kappa shape index (κ3) is 3.65. The highest BCUT2D eigenvalue weighted by Gasteiger charge is 2.13. The van der Waals surface area contributed by atoms with Crippen molar-refractivity contribution in [2.24, 2.45) is 0 Å². The molecular weight excluding hydrogens is 298 g/mol. The number of allylic oxidation sites excluding steroid dienone is 2. The molecule has 2 rings (SSSR count). The highest BCUT2D eigenvalue weighted by atomic mass is 16.1. The van der Waals surface area contributed by atoms with Crippen LogP contribution >= 0.6 is 0 Å². The van der Waals surface area contributed by atoms with E-state index in [9.17, 15) is 4.79 Å². The molecule has 0 saturated heterocycles. The fourth-order valence-electron chi connectivity index (χ4n) is 2.83. The molecule has 0 saturated carbocycles. The number of hydrogen-bond acceptors (Lipinski definition) is 4.